The Morgan fingerprint density at radius 1 is 0.360 bits per heavy atom. The first-order valence-electron chi connectivity index (χ1n) is 17.4. The van der Waals surface area contributed by atoms with E-state index in [1.165, 1.54) is 72.1 Å². The van der Waals surface area contributed by atoms with Crippen molar-refractivity contribution < 1.29 is 0 Å². The lowest BCUT2D eigenvalue weighted by Crippen LogP contribution is -2.16. The largest absolute Gasteiger partial charge is 0.310 e. The molecule has 0 amide bonds. The van der Waals surface area contributed by atoms with E-state index in [4.69, 9.17) is 0 Å². The van der Waals surface area contributed by atoms with Crippen LogP contribution in [0.3, 0.4) is 0 Å². The van der Waals surface area contributed by atoms with E-state index in [1.54, 1.807) is 0 Å². The van der Waals surface area contributed by atoms with Gasteiger partial charge in [-0.15, -0.1) is 0 Å². The zero-order valence-electron chi connectivity index (χ0n) is 28.3. The highest BCUT2D eigenvalue weighted by Gasteiger charge is 2.37. The molecule has 50 heavy (non-hydrogen) atoms. The van der Waals surface area contributed by atoms with E-state index in [0.29, 0.717) is 0 Å². The summed E-state index contributed by atoms with van der Waals surface area (Å²) in [5.41, 5.74) is 16.0. The van der Waals surface area contributed by atoms with Crippen LogP contribution in [0.2, 0.25) is 0 Å². The number of hydrogen-bond donors (Lipinski definition) is 0. The predicted octanol–water partition coefficient (Wildman–Crippen LogP) is 13.6. The number of rotatable bonds is 6. The van der Waals surface area contributed by atoms with E-state index >= 15 is 0 Å². The fourth-order valence-corrected chi connectivity index (χ4v) is 7.83. The first-order chi connectivity index (χ1) is 24.5. The lowest BCUT2D eigenvalue weighted by Gasteiger charge is -2.29. The summed E-state index contributed by atoms with van der Waals surface area (Å²) in [6.45, 7) is 4.70. The Kier molecular flexibility index (Phi) is 7.21. The molecule has 8 aromatic carbocycles. The van der Waals surface area contributed by atoms with Crippen LogP contribution in [0.15, 0.2) is 188 Å². The van der Waals surface area contributed by atoms with Crippen molar-refractivity contribution in [2.45, 2.75) is 19.3 Å². The van der Waals surface area contributed by atoms with Crippen LogP contribution in [0.1, 0.15) is 25.0 Å². The van der Waals surface area contributed by atoms with Crippen LogP contribution in [0, 0.1) is 0 Å². The van der Waals surface area contributed by atoms with Crippen molar-refractivity contribution in [2.75, 3.05) is 4.90 Å². The molecule has 238 valence electrons. The third kappa shape index (κ3) is 5.11. The molecule has 1 heteroatoms. The van der Waals surface area contributed by atoms with Crippen LogP contribution >= 0.6 is 0 Å². The average molecular weight is 640 g/mol. The van der Waals surface area contributed by atoms with Crippen LogP contribution < -0.4 is 4.90 Å². The monoisotopic (exact) mass is 639 g/mol. The summed E-state index contributed by atoms with van der Waals surface area (Å²) in [5.74, 6) is 0. The number of anilines is 3. The quantitative estimate of drug-likeness (QED) is 0.175. The van der Waals surface area contributed by atoms with Crippen molar-refractivity contribution in [3.8, 4) is 44.5 Å². The molecule has 0 saturated carbocycles. The zero-order valence-corrected chi connectivity index (χ0v) is 28.3. The van der Waals surface area contributed by atoms with E-state index < -0.39 is 0 Å². The maximum atomic E-state index is 2.45. The fraction of sp³-hybridized carbons (Fsp3) is 0.0612. The smallest absolute Gasteiger partial charge is 0.0543 e. The van der Waals surface area contributed by atoms with Gasteiger partial charge >= 0.3 is 0 Å². The number of hydrogen-bond acceptors (Lipinski definition) is 1. The number of benzene rings is 8. The van der Waals surface area contributed by atoms with E-state index in [1.807, 2.05) is 0 Å². The summed E-state index contributed by atoms with van der Waals surface area (Å²) in [7, 11) is 0. The molecule has 0 radical (unpaired) electrons. The summed E-state index contributed by atoms with van der Waals surface area (Å²) in [4.78, 5) is 2.45. The minimum absolute atomic E-state index is 0.0874. The Balaban J connectivity index is 1.18. The summed E-state index contributed by atoms with van der Waals surface area (Å²) >= 11 is 0. The second-order valence-electron chi connectivity index (χ2n) is 13.8. The Morgan fingerprint density at radius 2 is 0.900 bits per heavy atom. The van der Waals surface area contributed by atoms with Crippen molar-refractivity contribution in [3.63, 3.8) is 0 Å². The van der Waals surface area contributed by atoms with Gasteiger partial charge in [0.25, 0.3) is 0 Å². The predicted molar refractivity (Wildman–Crippen MR) is 213 cm³/mol. The van der Waals surface area contributed by atoms with Crippen molar-refractivity contribution in [1.29, 1.82) is 0 Å². The lowest BCUT2D eigenvalue weighted by atomic mass is 9.82. The van der Waals surface area contributed by atoms with E-state index in [0.717, 1.165) is 11.4 Å². The molecule has 0 aromatic heterocycles. The molecular weight excluding hydrogens is 603 g/mol. The zero-order chi connectivity index (χ0) is 33.7. The van der Waals surface area contributed by atoms with Gasteiger partial charge in [0.15, 0.2) is 0 Å². The van der Waals surface area contributed by atoms with Gasteiger partial charge in [0.1, 0.15) is 0 Å². The van der Waals surface area contributed by atoms with Gasteiger partial charge in [0, 0.05) is 22.4 Å². The van der Waals surface area contributed by atoms with E-state index in [2.05, 4.69) is 207 Å². The van der Waals surface area contributed by atoms with Gasteiger partial charge in [-0.1, -0.05) is 166 Å². The van der Waals surface area contributed by atoms with Crippen LogP contribution in [0.25, 0.3) is 55.3 Å². The summed E-state index contributed by atoms with van der Waals surface area (Å²) in [5, 5.41) is 2.51. The molecule has 8 aromatic rings. The molecule has 0 N–H and O–H groups in total. The topological polar surface area (TPSA) is 3.24 Å². The van der Waals surface area contributed by atoms with Crippen LogP contribution in [-0.2, 0) is 5.41 Å². The van der Waals surface area contributed by atoms with Crippen molar-refractivity contribution in [3.05, 3.63) is 199 Å². The first-order valence-corrected chi connectivity index (χ1v) is 17.4. The van der Waals surface area contributed by atoms with Gasteiger partial charge in [-0.3, -0.25) is 0 Å². The summed E-state index contributed by atoms with van der Waals surface area (Å²) < 4.78 is 0. The molecule has 9 rings (SSSR count). The molecule has 0 bridgehead atoms. The van der Waals surface area contributed by atoms with Crippen LogP contribution in [-0.4, -0.2) is 0 Å². The molecule has 0 spiro atoms. The standard InChI is InChI=1S/C49H37N/c1-49(2)45-19-9-8-18-44(45)48-46(49)20-11-21-47(48)50(42-30-28-38(29-31-42)41-27-26-35-14-6-7-15-39(35)32-41)43-17-10-16-40(33-43)37-24-22-36(23-25-37)34-12-4-3-5-13-34/h3-33H,1-2H3. The molecule has 0 aliphatic heterocycles. The Morgan fingerprint density at radius 3 is 1.68 bits per heavy atom. The Bertz CT molecular complexity index is 2490. The summed E-state index contributed by atoms with van der Waals surface area (Å²) in [6, 6.07) is 68.6. The second kappa shape index (κ2) is 12.1. The molecule has 0 atom stereocenters. The van der Waals surface area contributed by atoms with Gasteiger partial charge in [-0.25, -0.2) is 0 Å². The summed E-state index contributed by atoms with van der Waals surface area (Å²) in [6.07, 6.45) is 0. The highest BCUT2D eigenvalue weighted by atomic mass is 15.1. The highest BCUT2D eigenvalue weighted by Crippen LogP contribution is 2.54. The maximum Gasteiger partial charge on any atom is 0.0543 e. The molecule has 0 heterocycles. The molecule has 1 nitrogen and oxygen atoms in total. The maximum absolute atomic E-state index is 2.45. The van der Waals surface area contributed by atoms with Gasteiger partial charge in [0.2, 0.25) is 0 Å². The normalized spacial score (nSPS) is 12.8. The second-order valence-corrected chi connectivity index (χ2v) is 13.8. The third-order valence-electron chi connectivity index (χ3n) is 10.5. The minimum atomic E-state index is -0.0874. The van der Waals surface area contributed by atoms with Crippen molar-refractivity contribution >= 4 is 27.8 Å². The van der Waals surface area contributed by atoms with Gasteiger partial charge < -0.3 is 4.90 Å². The fourth-order valence-electron chi connectivity index (χ4n) is 7.83. The van der Waals surface area contributed by atoms with E-state index in [9.17, 15) is 0 Å². The van der Waals surface area contributed by atoms with Gasteiger partial charge in [-0.05, 0) is 97.2 Å². The molecule has 1 aliphatic rings. The highest BCUT2D eigenvalue weighted by molar-refractivity contribution is 5.96. The van der Waals surface area contributed by atoms with E-state index in [-0.39, 0.29) is 5.41 Å². The van der Waals surface area contributed by atoms with Crippen LogP contribution in [0.5, 0.6) is 0 Å². The minimum Gasteiger partial charge on any atom is -0.310 e. The molecular formula is C49H37N. The Labute approximate surface area is 294 Å². The lowest BCUT2D eigenvalue weighted by molar-refractivity contribution is 0.660. The average Bonchev–Trinajstić information content (AvgIpc) is 3.42. The van der Waals surface area contributed by atoms with Crippen molar-refractivity contribution in [1.82, 2.24) is 0 Å². The Hall–Kier alpha value is -6.18. The number of nitrogens with zero attached hydrogens (tertiary/aromatic N) is 1. The van der Waals surface area contributed by atoms with Gasteiger partial charge in [-0.2, -0.15) is 0 Å². The number of fused-ring (bicyclic) bond motifs is 4. The van der Waals surface area contributed by atoms with Gasteiger partial charge in [0.05, 0.1) is 5.69 Å². The third-order valence-corrected chi connectivity index (χ3v) is 10.5. The van der Waals surface area contributed by atoms with Crippen molar-refractivity contribution in [2.24, 2.45) is 0 Å². The first kappa shape index (κ1) is 29.9. The van der Waals surface area contributed by atoms with Crippen LogP contribution in [0.4, 0.5) is 17.1 Å². The molecule has 0 unspecified atom stereocenters. The SMILES string of the molecule is CC1(C)c2ccccc2-c2c(N(c3ccc(-c4ccc5ccccc5c4)cc3)c3cccc(-c4ccc(-c5ccccc5)cc4)c3)cccc21. The molecule has 1 aliphatic carbocycles. The molecule has 0 saturated heterocycles. The molecule has 0 fully saturated rings.